The molecule has 0 aliphatic carbocycles. The fraction of sp³-hybridized carbons (Fsp3) is 0.269. The molecule has 2 N–H and O–H groups in total. The maximum absolute atomic E-state index is 13.5. The number of hydrogen-bond acceptors (Lipinski definition) is 2. The van der Waals surface area contributed by atoms with E-state index in [9.17, 15) is 9.90 Å². The number of carbonyl (C=O) groups excluding carboxylic acids is 1. The number of nitrogens with one attached hydrogen (secondary N) is 1. The van der Waals surface area contributed by atoms with E-state index in [4.69, 9.17) is 0 Å². The number of aromatic hydroxyl groups is 1. The second kappa shape index (κ2) is 9.49. The Bertz CT molecular complexity index is 953. The number of benzene rings is 3. The first-order valence-corrected chi connectivity index (χ1v) is 10.4. The van der Waals surface area contributed by atoms with Gasteiger partial charge in [-0.3, -0.25) is 4.90 Å². The van der Waals surface area contributed by atoms with Crippen molar-refractivity contribution in [3.05, 3.63) is 89.5 Å². The van der Waals surface area contributed by atoms with Crippen molar-refractivity contribution in [2.75, 3.05) is 10.2 Å². The van der Waals surface area contributed by atoms with Crippen molar-refractivity contribution in [1.82, 2.24) is 0 Å². The summed E-state index contributed by atoms with van der Waals surface area (Å²) < 4.78 is 0. The van der Waals surface area contributed by atoms with Gasteiger partial charge >= 0.3 is 6.03 Å². The van der Waals surface area contributed by atoms with Crippen molar-refractivity contribution < 1.29 is 9.90 Å². The predicted octanol–water partition coefficient (Wildman–Crippen LogP) is 6.88. The molecular weight excluding hydrogens is 372 g/mol. The van der Waals surface area contributed by atoms with Crippen LogP contribution in [0.25, 0.3) is 0 Å². The number of phenolic OH excluding ortho intramolecular Hbond substituents is 1. The lowest BCUT2D eigenvalue weighted by Crippen LogP contribution is -2.35. The largest absolute Gasteiger partial charge is 0.508 e. The number of carbonyl (C=O) groups is 1. The maximum Gasteiger partial charge on any atom is 0.326 e. The van der Waals surface area contributed by atoms with Gasteiger partial charge in [-0.15, -0.1) is 0 Å². The smallest absolute Gasteiger partial charge is 0.326 e. The number of rotatable bonds is 6. The van der Waals surface area contributed by atoms with Gasteiger partial charge in [-0.05, 0) is 52.8 Å². The highest BCUT2D eigenvalue weighted by atomic mass is 16.3. The first-order valence-electron chi connectivity index (χ1n) is 10.4. The Kier molecular flexibility index (Phi) is 6.78. The molecule has 4 heteroatoms. The van der Waals surface area contributed by atoms with Gasteiger partial charge in [0, 0.05) is 11.4 Å². The van der Waals surface area contributed by atoms with E-state index in [1.165, 1.54) is 0 Å². The van der Waals surface area contributed by atoms with Gasteiger partial charge in [0.1, 0.15) is 5.75 Å². The van der Waals surface area contributed by atoms with Gasteiger partial charge in [-0.25, -0.2) is 4.79 Å². The summed E-state index contributed by atoms with van der Waals surface area (Å²) in [6.07, 6.45) is 0. The van der Waals surface area contributed by atoms with Crippen LogP contribution in [0.2, 0.25) is 0 Å². The van der Waals surface area contributed by atoms with Gasteiger partial charge in [0.05, 0.1) is 6.54 Å². The van der Waals surface area contributed by atoms with E-state index >= 15 is 0 Å². The molecule has 0 bridgehead atoms. The summed E-state index contributed by atoms with van der Waals surface area (Å²) in [7, 11) is 0. The van der Waals surface area contributed by atoms with Crippen LogP contribution >= 0.6 is 0 Å². The molecule has 0 aromatic heterocycles. The molecule has 3 aromatic rings. The molecule has 0 aliphatic heterocycles. The Labute approximate surface area is 179 Å². The quantitative estimate of drug-likeness (QED) is 0.472. The highest BCUT2D eigenvalue weighted by Gasteiger charge is 2.21. The lowest BCUT2D eigenvalue weighted by Gasteiger charge is -2.26. The van der Waals surface area contributed by atoms with Crippen molar-refractivity contribution >= 4 is 17.4 Å². The maximum atomic E-state index is 13.5. The third-order valence-electron chi connectivity index (χ3n) is 5.19. The minimum absolute atomic E-state index is 0.172. The van der Waals surface area contributed by atoms with E-state index in [-0.39, 0.29) is 23.6 Å². The number of anilines is 2. The molecule has 0 heterocycles. The van der Waals surface area contributed by atoms with Crippen LogP contribution in [0, 0.1) is 0 Å². The fourth-order valence-corrected chi connectivity index (χ4v) is 3.55. The summed E-state index contributed by atoms with van der Waals surface area (Å²) in [5, 5.41) is 12.9. The zero-order valence-corrected chi connectivity index (χ0v) is 18.1. The molecule has 0 fully saturated rings. The predicted molar refractivity (Wildman–Crippen MR) is 124 cm³/mol. The zero-order valence-electron chi connectivity index (χ0n) is 18.1. The molecule has 3 rings (SSSR count). The monoisotopic (exact) mass is 402 g/mol. The van der Waals surface area contributed by atoms with E-state index in [1.54, 1.807) is 29.2 Å². The SMILES string of the molecule is CC(C)c1cccc(C(C)C)c1NC(=O)N(Cc1ccccc1)c1ccc(O)cc1. The number of para-hydroxylation sites is 1. The average molecular weight is 403 g/mol. The van der Waals surface area contributed by atoms with Crippen LogP contribution in [0.3, 0.4) is 0 Å². The van der Waals surface area contributed by atoms with Crippen molar-refractivity contribution in [2.24, 2.45) is 0 Å². The number of amides is 2. The normalized spacial score (nSPS) is 11.0. The van der Waals surface area contributed by atoms with Gasteiger partial charge in [0.2, 0.25) is 0 Å². The Morgan fingerprint density at radius 2 is 1.40 bits per heavy atom. The van der Waals surface area contributed by atoms with Gasteiger partial charge in [0.25, 0.3) is 0 Å². The van der Waals surface area contributed by atoms with Crippen LogP contribution in [0.15, 0.2) is 72.8 Å². The minimum atomic E-state index is -0.195. The third-order valence-corrected chi connectivity index (χ3v) is 5.19. The summed E-state index contributed by atoms with van der Waals surface area (Å²) in [6, 6.07) is 22.6. The molecule has 3 aromatic carbocycles. The van der Waals surface area contributed by atoms with Gasteiger partial charge < -0.3 is 10.4 Å². The molecule has 0 aliphatic rings. The number of phenols is 1. The first-order chi connectivity index (χ1) is 14.4. The number of hydrogen-bond donors (Lipinski definition) is 2. The van der Waals surface area contributed by atoms with Crippen LogP contribution < -0.4 is 10.2 Å². The minimum Gasteiger partial charge on any atom is -0.508 e. The average Bonchev–Trinajstić information content (AvgIpc) is 2.73. The van der Waals surface area contributed by atoms with E-state index < -0.39 is 0 Å². The fourth-order valence-electron chi connectivity index (χ4n) is 3.55. The molecule has 0 unspecified atom stereocenters. The van der Waals surface area contributed by atoms with E-state index in [1.807, 2.05) is 30.3 Å². The lowest BCUT2D eigenvalue weighted by molar-refractivity contribution is 0.256. The highest BCUT2D eigenvalue weighted by Crippen LogP contribution is 2.33. The molecule has 2 amide bonds. The Morgan fingerprint density at radius 1 is 0.833 bits per heavy atom. The van der Waals surface area contributed by atoms with Crippen LogP contribution in [0.4, 0.5) is 16.2 Å². The van der Waals surface area contributed by atoms with Crippen LogP contribution in [-0.4, -0.2) is 11.1 Å². The second-order valence-electron chi connectivity index (χ2n) is 8.14. The number of urea groups is 1. The van der Waals surface area contributed by atoms with Gasteiger partial charge in [0.15, 0.2) is 0 Å². The van der Waals surface area contributed by atoms with E-state index in [2.05, 4.69) is 51.2 Å². The highest BCUT2D eigenvalue weighted by molar-refractivity contribution is 6.02. The summed E-state index contributed by atoms with van der Waals surface area (Å²) >= 11 is 0. The molecule has 0 atom stereocenters. The molecule has 30 heavy (non-hydrogen) atoms. The Balaban J connectivity index is 1.99. The van der Waals surface area contributed by atoms with Crippen molar-refractivity contribution in [3.63, 3.8) is 0 Å². The molecule has 0 saturated heterocycles. The van der Waals surface area contributed by atoms with Crippen LogP contribution in [0.1, 0.15) is 56.2 Å². The Hall–Kier alpha value is -3.27. The summed E-state index contributed by atoms with van der Waals surface area (Å²) in [6.45, 7) is 8.97. The zero-order chi connectivity index (χ0) is 21.7. The molecule has 4 nitrogen and oxygen atoms in total. The van der Waals surface area contributed by atoms with E-state index in [0.717, 1.165) is 28.1 Å². The first kappa shape index (κ1) is 21.4. The molecule has 0 radical (unpaired) electrons. The van der Waals surface area contributed by atoms with Crippen molar-refractivity contribution in [3.8, 4) is 5.75 Å². The van der Waals surface area contributed by atoms with Crippen LogP contribution in [-0.2, 0) is 6.54 Å². The van der Waals surface area contributed by atoms with Crippen molar-refractivity contribution in [1.29, 1.82) is 0 Å². The van der Waals surface area contributed by atoms with Gasteiger partial charge in [-0.1, -0.05) is 76.2 Å². The third kappa shape index (κ3) is 5.01. The molecule has 0 saturated carbocycles. The summed E-state index contributed by atoms with van der Waals surface area (Å²) in [5.41, 5.74) is 4.90. The summed E-state index contributed by atoms with van der Waals surface area (Å²) in [5.74, 6) is 0.747. The molecule has 156 valence electrons. The topological polar surface area (TPSA) is 52.6 Å². The Morgan fingerprint density at radius 3 is 1.93 bits per heavy atom. The molecular formula is C26H30N2O2. The standard InChI is InChI=1S/C26H30N2O2/c1-18(2)23-11-8-12-24(19(3)4)25(23)27-26(30)28(17-20-9-6-5-7-10-20)21-13-15-22(29)16-14-21/h5-16,18-19,29H,17H2,1-4H3,(H,27,30). The van der Waals surface area contributed by atoms with Gasteiger partial charge in [-0.2, -0.15) is 0 Å². The van der Waals surface area contributed by atoms with Crippen molar-refractivity contribution in [2.45, 2.75) is 46.1 Å². The van der Waals surface area contributed by atoms with E-state index in [0.29, 0.717) is 6.54 Å². The number of nitrogens with zero attached hydrogens (tertiary/aromatic N) is 1. The van der Waals surface area contributed by atoms with Crippen LogP contribution in [0.5, 0.6) is 5.75 Å². The summed E-state index contributed by atoms with van der Waals surface area (Å²) in [4.78, 5) is 15.2. The second-order valence-corrected chi connectivity index (χ2v) is 8.14. The molecule has 0 spiro atoms. The lowest BCUT2D eigenvalue weighted by atomic mass is 9.93.